The van der Waals surface area contributed by atoms with Crippen LogP contribution in [0, 0.1) is 17.3 Å². The van der Waals surface area contributed by atoms with Crippen molar-refractivity contribution in [2.24, 2.45) is 22.4 Å². The summed E-state index contributed by atoms with van der Waals surface area (Å²) in [5, 5.41) is 14.5. The molecule has 0 amide bonds. The Bertz CT molecular complexity index is 951. The molecule has 4 nitrogen and oxygen atoms in total. The molecule has 0 bridgehead atoms. The van der Waals surface area contributed by atoms with Crippen molar-refractivity contribution in [3.8, 4) is 11.5 Å². The number of aromatic hydroxyl groups is 1. The minimum Gasteiger partial charge on any atom is -0.508 e. The van der Waals surface area contributed by atoms with E-state index in [4.69, 9.17) is 9.57 Å². The number of oxime groups is 1. The molecule has 0 spiro atoms. The molecule has 2 aromatic carbocycles. The van der Waals surface area contributed by atoms with E-state index in [-0.39, 0.29) is 5.41 Å². The van der Waals surface area contributed by atoms with Crippen LogP contribution < -0.4 is 4.74 Å². The molecule has 0 heterocycles. The van der Waals surface area contributed by atoms with Crippen LogP contribution in [0.4, 0.5) is 0 Å². The van der Waals surface area contributed by atoms with Crippen LogP contribution in [0.1, 0.15) is 61.6 Å². The summed E-state index contributed by atoms with van der Waals surface area (Å²) in [6, 6.07) is 14.0. The summed E-state index contributed by atoms with van der Waals surface area (Å²) in [5.74, 6) is 3.29. The first-order valence-corrected chi connectivity index (χ1v) is 11.2. The molecular formula is C26H31NO3. The van der Waals surface area contributed by atoms with Crippen molar-refractivity contribution < 1.29 is 14.7 Å². The molecular weight excluding hydrogens is 374 g/mol. The second-order valence-electron chi connectivity index (χ2n) is 9.45. The Kier molecular flexibility index (Phi) is 4.96. The van der Waals surface area contributed by atoms with Gasteiger partial charge in [0.2, 0.25) is 0 Å². The van der Waals surface area contributed by atoms with Gasteiger partial charge in [-0.1, -0.05) is 30.3 Å². The van der Waals surface area contributed by atoms with Crippen molar-refractivity contribution in [3.63, 3.8) is 0 Å². The highest BCUT2D eigenvalue weighted by atomic mass is 16.6. The predicted molar refractivity (Wildman–Crippen MR) is 118 cm³/mol. The molecule has 0 aromatic heterocycles. The number of rotatable bonds is 4. The molecule has 2 fully saturated rings. The molecule has 4 atom stereocenters. The number of hydrogen-bond acceptors (Lipinski definition) is 4. The summed E-state index contributed by atoms with van der Waals surface area (Å²) in [6.07, 6.45) is 6.95. The highest BCUT2D eigenvalue weighted by molar-refractivity contribution is 5.92. The zero-order valence-electron chi connectivity index (χ0n) is 17.9. The smallest absolute Gasteiger partial charge is 0.142 e. The van der Waals surface area contributed by atoms with Gasteiger partial charge in [-0.3, -0.25) is 0 Å². The minimum absolute atomic E-state index is 0.162. The van der Waals surface area contributed by atoms with Crippen molar-refractivity contribution in [1.29, 1.82) is 0 Å². The van der Waals surface area contributed by atoms with Crippen molar-refractivity contribution in [3.05, 3.63) is 59.2 Å². The fourth-order valence-electron chi connectivity index (χ4n) is 6.41. The van der Waals surface area contributed by atoms with Gasteiger partial charge in [0.1, 0.15) is 18.1 Å². The van der Waals surface area contributed by atoms with Gasteiger partial charge in [0.25, 0.3) is 0 Å². The lowest BCUT2D eigenvalue weighted by Gasteiger charge is -2.49. The van der Waals surface area contributed by atoms with Crippen LogP contribution >= 0.6 is 0 Å². The average Bonchev–Trinajstić information content (AvgIpc) is 3.10. The number of nitrogens with zero attached hydrogens (tertiary/aromatic N) is 1. The van der Waals surface area contributed by atoms with Gasteiger partial charge in [-0.25, -0.2) is 0 Å². The third-order valence-electron chi connectivity index (χ3n) is 8.02. The van der Waals surface area contributed by atoms with Crippen molar-refractivity contribution >= 4 is 5.71 Å². The van der Waals surface area contributed by atoms with Crippen molar-refractivity contribution in [2.75, 3.05) is 7.11 Å². The summed E-state index contributed by atoms with van der Waals surface area (Å²) in [7, 11) is 1.68. The van der Waals surface area contributed by atoms with Gasteiger partial charge in [-0.15, -0.1) is 0 Å². The molecule has 30 heavy (non-hydrogen) atoms. The maximum Gasteiger partial charge on any atom is 0.142 e. The maximum absolute atomic E-state index is 9.87. The Morgan fingerprint density at radius 1 is 1.07 bits per heavy atom. The molecule has 4 heteroatoms. The second kappa shape index (κ2) is 7.64. The number of hydrogen-bond donors (Lipinski definition) is 1. The largest absolute Gasteiger partial charge is 0.508 e. The van der Waals surface area contributed by atoms with Crippen LogP contribution in [0.15, 0.2) is 47.6 Å². The Morgan fingerprint density at radius 2 is 1.90 bits per heavy atom. The molecule has 0 radical (unpaired) electrons. The molecule has 2 aromatic rings. The van der Waals surface area contributed by atoms with Crippen LogP contribution in [-0.2, 0) is 17.9 Å². The predicted octanol–water partition coefficient (Wildman–Crippen LogP) is 5.83. The lowest BCUT2D eigenvalue weighted by atomic mass is 9.55. The summed E-state index contributed by atoms with van der Waals surface area (Å²) in [5.41, 5.74) is 5.36. The molecule has 0 saturated heterocycles. The first kappa shape index (κ1) is 19.5. The van der Waals surface area contributed by atoms with Crippen molar-refractivity contribution in [2.45, 2.75) is 58.0 Å². The number of aryl methyl sites for hydroxylation is 1. The number of fused-ring (bicyclic) bond motifs is 5. The Hall–Kier alpha value is -2.49. The Labute approximate surface area is 178 Å². The topological polar surface area (TPSA) is 51.0 Å². The maximum atomic E-state index is 9.87. The average molecular weight is 406 g/mol. The fourth-order valence-corrected chi connectivity index (χ4v) is 6.41. The molecule has 5 rings (SSSR count). The van der Waals surface area contributed by atoms with E-state index in [2.05, 4.69) is 18.1 Å². The number of phenols is 1. The summed E-state index contributed by atoms with van der Waals surface area (Å²) in [4.78, 5) is 5.82. The SMILES string of the molecule is COc1ccc(CO/N=C2\CC[C@H]3[C@@H]4CCc5cc(O)ccc5[C@H]4CC[C@]23C)cc1. The third kappa shape index (κ3) is 3.27. The lowest BCUT2D eigenvalue weighted by Crippen LogP contribution is -2.42. The van der Waals surface area contributed by atoms with Gasteiger partial charge >= 0.3 is 0 Å². The summed E-state index contributed by atoms with van der Waals surface area (Å²) >= 11 is 0. The summed E-state index contributed by atoms with van der Waals surface area (Å²) < 4.78 is 5.22. The fraction of sp³-hybridized carbons (Fsp3) is 0.500. The lowest BCUT2D eigenvalue weighted by molar-refractivity contribution is 0.0869. The molecule has 0 unspecified atom stereocenters. The Balaban J connectivity index is 1.30. The van der Waals surface area contributed by atoms with Gasteiger partial charge in [0.05, 0.1) is 12.8 Å². The van der Waals surface area contributed by atoms with Crippen LogP contribution in [0.2, 0.25) is 0 Å². The normalized spacial score (nSPS) is 31.0. The first-order chi connectivity index (χ1) is 14.6. The number of methoxy groups -OCH3 is 1. The second-order valence-corrected chi connectivity index (χ2v) is 9.45. The number of ether oxygens (including phenoxy) is 1. The van der Waals surface area contributed by atoms with Crippen molar-refractivity contribution in [1.82, 2.24) is 0 Å². The van der Waals surface area contributed by atoms with Gasteiger partial charge in [-0.05, 0) is 97.2 Å². The first-order valence-electron chi connectivity index (χ1n) is 11.2. The van der Waals surface area contributed by atoms with Gasteiger partial charge in [0.15, 0.2) is 0 Å². The molecule has 3 aliphatic carbocycles. The van der Waals surface area contributed by atoms with E-state index < -0.39 is 0 Å². The quantitative estimate of drug-likeness (QED) is 0.651. The zero-order chi connectivity index (χ0) is 20.7. The van der Waals surface area contributed by atoms with Gasteiger partial charge in [0, 0.05) is 5.41 Å². The molecule has 0 aliphatic heterocycles. The highest BCUT2D eigenvalue weighted by Gasteiger charge is 2.53. The highest BCUT2D eigenvalue weighted by Crippen LogP contribution is 2.60. The van der Waals surface area contributed by atoms with Crippen LogP contribution in [0.3, 0.4) is 0 Å². The third-order valence-corrected chi connectivity index (χ3v) is 8.02. The van der Waals surface area contributed by atoms with Crippen LogP contribution in [0.5, 0.6) is 11.5 Å². The molecule has 1 N–H and O–H groups in total. The van der Waals surface area contributed by atoms with E-state index in [0.717, 1.165) is 30.1 Å². The van der Waals surface area contributed by atoms with Gasteiger partial charge < -0.3 is 14.7 Å². The zero-order valence-corrected chi connectivity index (χ0v) is 17.9. The number of benzene rings is 2. The van der Waals surface area contributed by atoms with E-state index in [1.165, 1.54) is 42.5 Å². The van der Waals surface area contributed by atoms with E-state index in [9.17, 15) is 5.11 Å². The van der Waals surface area contributed by atoms with Crippen LogP contribution in [0.25, 0.3) is 0 Å². The monoisotopic (exact) mass is 405 g/mol. The minimum atomic E-state index is 0.162. The standard InChI is InChI=1S/C26H31NO3/c1-26-14-13-22-21-10-6-19(28)15-18(21)5-9-23(22)24(26)11-12-25(26)27-30-16-17-3-7-20(29-2)8-4-17/h3-4,6-8,10,15,22-24,28H,5,9,11-14,16H2,1-2H3/b27-25+/t22-,23-,24+,26+/m1/s1. The molecule has 158 valence electrons. The van der Waals surface area contributed by atoms with E-state index >= 15 is 0 Å². The van der Waals surface area contributed by atoms with Gasteiger partial charge in [-0.2, -0.15) is 0 Å². The summed E-state index contributed by atoms with van der Waals surface area (Å²) in [6.45, 7) is 2.92. The molecule has 2 saturated carbocycles. The van der Waals surface area contributed by atoms with Crippen LogP contribution in [-0.4, -0.2) is 17.9 Å². The van der Waals surface area contributed by atoms with E-state index in [1.54, 1.807) is 7.11 Å². The number of phenolic OH excluding ortho intramolecular Hbond substituents is 1. The van der Waals surface area contributed by atoms with E-state index in [0.29, 0.717) is 24.2 Å². The molecule has 3 aliphatic rings. The van der Waals surface area contributed by atoms with E-state index in [1.807, 2.05) is 36.4 Å². The Morgan fingerprint density at radius 3 is 2.70 bits per heavy atom.